The van der Waals surface area contributed by atoms with Crippen LogP contribution in [0.15, 0.2) is 0 Å². The molecule has 4 heteroatoms. The van der Waals surface area contributed by atoms with E-state index in [4.69, 9.17) is 0 Å². The highest BCUT2D eigenvalue weighted by Crippen LogP contribution is 2.31. The molecule has 1 aliphatic carbocycles. The number of carbonyl (C=O) groups excluding carboxylic acids is 1. The minimum absolute atomic E-state index is 0.0930. The summed E-state index contributed by atoms with van der Waals surface area (Å²) in [5, 5.41) is 3.44. The summed E-state index contributed by atoms with van der Waals surface area (Å²) in [7, 11) is 0. The number of likely N-dealkylation sites (tertiary alicyclic amines) is 1. The zero-order valence-corrected chi connectivity index (χ0v) is 12.8. The summed E-state index contributed by atoms with van der Waals surface area (Å²) >= 11 is 0. The van der Waals surface area contributed by atoms with Crippen molar-refractivity contribution >= 4 is 5.91 Å². The molecule has 20 heavy (non-hydrogen) atoms. The van der Waals surface area contributed by atoms with Gasteiger partial charge >= 0.3 is 0 Å². The summed E-state index contributed by atoms with van der Waals surface area (Å²) in [5.41, 5.74) is 0. The molecular formula is C16H29N3O. The highest BCUT2D eigenvalue weighted by atomic mass is 16.2. The molecule has 4 nitrogen and oxygen atoms in total. The Morgan fingerprint density at radius 2 is 1.85 bits per heavy atom. The Hall–Kier alpha value is -0.610. The third kappa shape index (κ3) is 3.34. The van der Waals surface area contributed by atoms with E-state index in [0.717, 1.165) is 38.6 Å². The average molecular weight is 279 g/mol. The van der Waals surface area contributed by atoms with Crippen LogP contribution in [0.1, 0.15) is 45.4 Å². The highest BCUT2D eigenvalue weighted by molar-refractivity contribution is 5.81. The zero-order chi connectivity index (χ0) is 13.9. The summed E-state index contributed by atoms with van der Waals surface area (Å²) in [4.78, 5) is 17.2. The summed E-state index contributed by atoms with van der Waals surface area (Å²) in [6.07, 6.45) is 7.51. The number of rotatable bonds is 5. The Kier molecular flexibility index (Phi) is 4.61. The first-order chi connectivity index (χ1) is 9.75. The Morgan fingerprint density at radius 3 is 2.45 bits per heavy atom. The molecule has 0 aromatic rings. The van der Waals surface area contributed by atoms with Gasteiger partial charge in [-0.05, 0) is 64.5 Å². The highest BCUT2D eigenvalue weighted by Gasteiger charge is 2.38. The predicted octanol–water partition coefficient (Wildman–Crippen LogP) is 1.46. The van der Waals surface area contributed by atoms with Gasteiger partial charge < -0.3 is 10.2 Å². The van der Waals surface area contributed by atoms with Crippen LogP contribution >= 0.6 is 0 Å². The first kappa shape index (κ1) is 14.3. The van der Waals surface area contributed by atoms with Crippen molar-refractivity contribution in [2.24, 2.45) is 5.92 Å². The molecule has 0 aromatic heterocycles. The van der Waals surface area contributed by atoms with E-state index in [1.807, 2.05) is 0 Å². The van der Waals surface area contributed by atoms with Crippen LogP contribution in [0.3, 0.4) is 0 Å². The summed E-state index contributed by atoms with van der Waals surface area (Å²) < 4.78 is 0. The van der Waals surface area contributed by atoms with Crippen molar-refractivity contribution in [3.63, 3.8) is 0 Å². The second kappa shape index (κ2) is 6.44. The van der Waals surface area contributed by atoms with Gasteiger partial charge in [0.15, 0.2) is 0 Å². The fourth-order valence-corrected chi connectivity index (χ4v) is 3.74. The van der Waals surface area contributed by atoms with E-state index in [2.05, 4.69) is 22.0 Å². The van der Waals surface area contributed by atoms with Crippen LogP contribution < -0.4 is 5.32 Å². The quantitative estimate of drug-likeness (QED) is 0.827. The Morgan fingerprint density at radius 1 is 1.20 bits per heavy atom. The molecule has 0 spiro atoms. The number of piperidine rings is 1. The lowest BCUT2D eigenvalue weighted by molar-refractivity contribution is -0.135. The van der Waals surface area contributed by atoms with Gasteiger partial charge in [-0.15, -0.1) is 0 Å². The van der Waals surface area contributed by atoms with Gasteiger partial charge in [-0.2, -0.15) is 0 Å². The first-order valence-corrected chi connectivity index (χ1v) is 8.51. The van der Waals surface area contributed by atoms with Crippen molar-refractivity contribution < 1.29 is 4.79 Å². The van der Waals surface area contributed by atoms with Crippen LogP contribution in [0.4, 0.5) is 0 Å². The normalized spacial score (nSPS) is 26.2. The largest absolute Gasteiger partial charge is 0.341 e. The van der Waals surface area contributed by atoms with E-state index >= 15 is 0 Å². The third-order valence-electron chi connectivity index (χ3n) is 5.22. The number of nitrogens with zero attached hydrogens (tertiary/aromatic N) is 2. The van der Waals surface area contributed by atoms with Crippen molar-refractivity contribution in [3.05, 3.63) is 0 Å². The summed E-state index contributed by atoms with van der Waals surface area (Å²) in [5.74, 6) is 1.16. The molecule has 0 radical (unpaired) electrons. The lowest BCUT2D eigenvalue weighted by atomic mass is 9.96. The lowest BCUT2D eigenvalue weighted by Crippen LogP contribution is -2.49. The summed E-state index contributed by atoms with van der Waals surface area (Å²) in [6.45, 7) is 7.53. The molecule has 0 bridgehead atoms. The molecule has 3 aliphatic rings. The topological polar surface area (TPSA) is 35.6 Å². The van der Waals surface area contributed by atoms with E-state index < -0.39 is 0 Å². The smallest absolute Gasteiger partial charge is 0.239 e. The number of hydrogen-bond acceptors (Lipinski definition) is 3. The third-order valence-corrected chi connectivity index (χ3v) is 5.22. The molecule has 0 aromatic carbocycles. The van der Waals surface area contributed by atoms with E-state index in [-0.39, 0.29) is 6.04 Å². The fraction of sp³-hybridized carbons (Fsp3) is 0.938. The molecule has 1 saturated carbocycles. The van der Waals surface area contributed by atoms with Gasteiger partial charge in [0.1, 0.15) is 0 Å². The van der Waals surface area contributed by atoms with Crippen molar-refractivity contribution in [2.75, 3.05) is 32.7 Å². The van der Waals surface area contributed by atoms with E-state index in [1.165, 1.54) is 38.5 Å². The molecule has 1 N–H and O–H groups in total. The SMILES string of the molecule is CC(C(=O)N1CCCC1)N(CC1CCNCC1)C1CC1. The van der Waals surface area contributed by atoms with Crippen molar-refractivity contribution in [1.29, 1.82) is 0 Å². The van der Waals surface area contributed by atoms with Crippen LogP contribution in [0.2, 0.25) is 0 Å². The van der Waals surface area contributed by atoms with Crippen molar-refractivity contribution in [3.8, 4) is 0 Å². The fourth-order valence-electron chi connectivity index (χ4n) is 3.74. The number of nitrogens with one attached hydrogen (secondary N) is 1. The van der Waals surface area contributed by atoms with Gasteiger partial charge in [0, 0.05) is 25.7 Å². The molecule has 2 heterocycles. The van der Waals surface area contributed by atoms with Crippen molar-refractivity contribution in [1.82, 2.24) is 15.1 Å². The standard InChI is InChI=1S/C16H29N3O/c1-13(16(20)18-10-2-3-11-18)19(15-4-5-15)12-14-6-8-17-9-7-14/h13-15,17H,2-12H2,1H3. The Bertz CT molecular complexity index is 331. The second-order valence-corrected chi connectivity index (χ2v) is 6.83. The van der Waals surface area contributed by atoms with Gasteiger partial charge in [-0.25, -0.2) is 0 Å². The van der Waals surface area contributed by atoms with Gasteiger partial charge in [-0.3, -0.25) is 9.69 Å². The lowest BCUT2D eigenvalue weighted by Gasteiger charge is -2.35. The van der Waals surface area contributed by atoms with E-state index in [1.54, 1.807) is 0 Å². The molecule has 3 rings (SSSR count). The molecule has 114 valence electrons. The minimum atomic E-state index is 0.0930. The predicted molar refractivity (Wildman–Crippen MR) is 80.6 cm³/mol. The van der Waals surface area contributed by atoms with Crippen molar-refractivity contribution in [2.45, 2.75) is 57.5 Å². The van der Waals surface area contributed by atoms with Crippen LogP contribution in [0.5, 0.6) is 0 Å². The second-order valence-electron chi connectivity index (χ2n) is 6.83. The number of amides is 1. The summed E-state index contributed by atoms with van der Waals surface area (Å²) in [6, 6.07) is 0.780. The Labute approximate surface area is 122 Å². The van der Waals surface area contributed by atoms with Gasteiger partial charge in [-0.1, -0.05) is 0 Å². The van der Waals surface area contributed by atoms with E-state index in [9.17, 15) is 4.79 Å². The first-order valence-electron chi connectivity index (χ1n) is 8.51. The minimum Gasteiger partial charge on any atom is -0.341 e. The van der Waals surface area contributed by atoms with Crippen LogP contribution in [-0.4, -0.2) is 60.5 Å². The van der Waals surface area contributed by atoms with Gasteiger partial charge in [0.05, 0.1) is 6.04 Å². The maximum absolute atomic E-state index is 12.6. The molecule has 1 unspecified atom stereocenters. The molecule has 1 atom stereocenters. The van der Waals surface area contributed by atoms with Gasteiger partial charge in [0.2, 0.25) is 5.91 Å². The van der Waals surface area contributed by atoms with E-state index in [0.29, 0.717) is 11.9 Å². The molecule has 1 amide bonds. The maximum Gasteiger partial charge on any atom is 0.239 e. The Balaban J connectivity index is 1.58. The maximum atomic E-state index is 12.6. The molecular weight excluding hydrogens is 250 g/mol. The molecule has 3 fully saturated rings. The monoisotopic (exact) mass is 279 g/mol. The molecule has 2 aliphatic heterocycles. The van der Waals surface area contributed by atoms with Crippen LogP contribution in [0.25, 0.3) is 0 Å². The van der Waals surface area contributed by atoms with Crippen LogP contribution in [0, 0.1) is 5.92 Å². The van der Waals surface area contributed by atoms with Gasteiger partial charge in [0.25, 0.3) is 0 Å². The van der Waals surface area contributed by atoms with Crippen LogP contribution in [-0.2, 0) is 4.79 Å². The number of carbonyl (C=O) groups is 1. The molecule has 2 saturated heterocycles. The average Bonchev–Trinajstić information content (AvgIpc) is 3.18. The zero-order valence-electron chi connectivity index (χ0n) is 12.8. The number of hydrogen-bond donors (Lipinski definition) is 1.